The predicted octanol–water partition coefficient (Wildman–Crippen LogP) is 4.36. The molecular weight excluding hydrogens is 556 g/mol. The van der Waals surface area contributed by atoms with Crippen LogP contribution >= 0.6 is 0 Å². The molecule has 232 valence electrons. The van der Waals surface area contributed by atoms with Crippen molar-refractivity contribution in [3.8, 4) is 0 Å². The van der Waals surface area contributed by atoms with Crippen molar-refractivity contribution in [1.82, 2.24) is 15.1 Å². The van der Waals surface area contributed by atoms with Gasteiger partial charge in [-0.25, -0.2) is 8.78 Å². The van der Waals surface area contributed by atoms with Crippen LogP contribution in [0.4, 0.5) is 14.5 Å². The van der Waals surface area contributed by atoms with E-state index in [-0.39, 0.29) is 35.5 Å². The largest absolute Gasteiger partial charge is 0.481 e. The van der Waals surface area contributed by atoms with Crippen LogP contribution in [0.1, 0.15) is 62.4 Å². The molecule has 0 saturated carbocycles. The number of anilines is 1. The molecular formula is C32H41F2N5O4. The summed E-state index contributed by atoms with van der Waals surface area (Å²) in [6.45, 7) is 8.66. The Labute approximate surface area is 251 Å². The van der Waals surface area contributed by atoms with Gasteiger partial charge >= 0.3 is 5.97 Å². The van der Waals surface area contributed by atoms with Gasteiger partial charge in [-0.1, -0.05) is 13.0 Å². The Balaban J connectivity index is 1.35. The van der Waals surface area contributed by atoms with Gasteiger partial charge in [0.1, 0.15) is 17.5 Å². The molecule has 3 N–H and O–H groups in total. The van der Waals surface area contributed by atoms with Crippen molar-refractivity contribution in [3.05, 3.63) is 65.2 Å². The van der Waals surface area contributed by atoms with Crippen LogP contribution in [0, 0.1) is 28.4 Å². The number of carboxylic acids is 1. The Kier molecular flexibility index (Phi) is 10.0. The molecule has 2 aromatic carbocycles. The minimum atomic E-state index is -0.960. The number of carboxylic acid groups (broad SMARTS) is 1. The number of amides is 2. The van der Waals surface area contributed by atoms with Crippen molar-refractivity contribution >= 4 is 29.3 Å². The molecule has 2 heterocycles. The number of hydrogen-bond donors (Lipinski definition) is 3. The summed E-state index contributed by atoms with van der Waals surface area (Å²) in [7, 11) is 0. The maximum absolute atomic E-state index is 15.2. The first-order valence-corrected chi connectivity index (χ1v) is 14.9. The fourth-order valence-corrected chi connectivity index (χ4v) is 6.04. The van der Waals surface area contributed by atoms with Gasteiger partial charge in [0, 0.05) is 63.0 Å². The quantitative estimate of drug-likeness (QED) is 0.292. The molecule has 2 amide bonds. The zero-order valence-corrected chi connectivity index (χ0v) is 25.0. The first-order chi connectivity index (χ1) is 20.4. The molecule has 0 spiro atoms. The Morgan fingerprint density at radius 3 is 2.16 bits per heavy atom. The number of nitrogens with one attached hydrogen (secondary N) is 2. The van der Waals surface area contributed by atoms with Crippen molar-refractivity contribution in [2.24, 2.45) is 11.3 Å². The molecule has 9 nitrogen and oxygen atoms in total. The number of benzene rings is 2. The molecule has 1 atom stereocenters. The van der Waals surface area contributed by atoms with Gasteiger partial charge in [0.15, 0.2) is 0 Å². The van der Waals surface area contributed by atoms with Crippen molar-refractivity contribution in [2.75, 3.05) is 44.2 Å². The lowest BCUT2D eigenvalue weighted by atomic mass is 9.80. The molecule has 0 aliphatic carbocycles. The first kappa shape index (κ1) is 31.9. The molecule has 2 aromatic rings. The van der Waals surface area contributed by atoms with Crippen LogP contribution in [0.5, 0.6) is 0 Å². The van der Waals surface area contributed by atoms with Gasteiger partial charge in [-0.3, -0.25) is 19.8 Å². The molecule has 4 rings (SSSR count). The molecule has 2 aliphatic rings. The SMILES string of the molecule is CCC(NC(=O)c1ccc(C(=N)N2CCN(c3ccc(F)cc3)CC2)cc1F)C(C)(C)C(=O)N1CCC(CC(=O)O)CC1. The summed E-state index contributed by atoms with van der Waals surface area (Å²) in [4.78, 5) is 43.3. The van der Waals surface area contributed by atoms with E-state index in [1.54, 1.807) is 36.9 Å². The van der Waals surface area contributed by atoms with Crippen molar-refractivity contribution in [2.45, 2.75) is 52.5 Å². The number of amidine groups is 1. The third kappa shape index (κ3) is 7.50. The van der Waals surface area contributed by atoms with Crippen LogP contribution in [-0.4, -0.2) is 83.8 Å². The molecule has 43 heavy (non-hydrogen) atoms. The van der Waals surface area contributed by atoms with Crippen LogP contribution in [-0.2, 0) is 9.59 Å². The molecule has 0 aromatic heterocycles. The number of halogens is 2. The van der Waals surface area contributed by atoms with E-state index in [0.717, 1.165) is 5.69 Å². The standard InChI is InChI=1S/C32H41F2N5O4/c1-4-27(32(2,3)31(43)39-13-11-21(12-14-39)19-28(40)41)36-30(42)25-10-5-22(20-26(25)34)29(35)38-17-15-37(16-18-38)24-8-6-23(33)7-9-24/h5-10,20-21,27,35H,4,11-19H2,1-3H3,(H,36,42)(H,40,41). The number of piperidine rings is 1. The number of hydrogen-bond acceptors (Lipinski definition) is 5. The van der Waals surface area contributed by atoms with Crippen LogP contribution in [0.3, 0.4) is 0 Å². The Bertz CT molecular complexity index is 1330. The highest BCUT2D eigenvalue weighted by Gasteiger charge is 2.41. The van der Waals surface area contributed by atoms with E-state index in [2.05, 4.69) is 10.2 Å². The predicted molar refractivity (Wildman–Crippen MR) is 160 cm³/mol. The zero-order valence-electron chi connectivity index (χ0n) is 25.0. The van der Waals surface area contributed by atoms with E-state index in [9.17, 15) is 18.8 Å². The summed E-state index contributed by atoms with van der Waals surface area (Å²) >= 11 is 0. The van der Waals surface area contributed by atoms with E-state index in [1.807, 2.05) is 11.8 Å². The van der Waals surface area contributed by atoms with Gasteiger partial charge in [0.25, 0.3) is 5.91 Å². The van der Waals surface area contributed by atoms with Gasteiger partial charge in [0.05, 0.1) is 11.0 Å². The average Bonchev–Trinajstić information content (AvgIpc) is 2.99. The van der Waals surface area contributed by atoms with E-state index in [1.165, 1.54) is 24.3 Å². The fourth-order valence-electron chi connectivity index (χ4n) is 6.04. The lowest BCUT2D eigenvalue weighted by Gasteiger charge is -2.40. The van der Waals surface area contributed by atoms with Crippen LogP contribution in [0.2, 0.25) is 0 Å². The molecule has 0 bridgehead atoms. The fraction of sp³-hybridized carbons (Fsp3) is 0.500. The molecule has 2 saturated heterocycles. The number of carbonyl (C=O) groups excluding carboxylic acids is 2. The lowest BCUT2D eigenvalue weighted by Crippen LogP contribution is -2.54. The summed E-state index contributed by atoms with van der Waals surface area (Å²) in [6.07, 6.45) is 1.78. The Hall–Kier alpha value is -4.02. The Morgan fingerprint density at radius 1 is 0.977 bits per heavy atom. The first-order valence-electron chi connectivity index (χ1n) is 14.9. The third-order valence-electron chi connectivity index (χ3n) is 8.78. The minimum Gasteiger partial charge on any atom is -0.481 e. The number of aliphatic carboxylic acids is 1. The minimum absolute atomic E-state index is 0.0461. The van der Waals surface area contributed by atoms with E-state index in [4.69, 9.17) is 10.5 Å². The highest BCUT2D eigenvalue weighted by molar-refractivity contribution is 5.99. The van der Waals surface area contributed by atoms with Gasteiger partial charge in [-0.05, 0) is 75.4 Å². The second-order valence-corrected chi connectivity index (χ2v) is 12.0. The van der Waals surface area contributed by atoms with Crippen molar-refractivity contribution < 1.29 is 28.3 Å². The van der Waals surface area contributed by atoms with Gasteiger partial charge < -0.3 is 25.1 Å². The number of rotatable bonds is 9. The molecule has 2 fully saturated rings. The summed E-state index contributed by atoms with van der Waals surface area (Å²) in [5, 5.41) is 20.5. The second-order valence-electron chi connectivity index (χ2n) is 12.0. The molecule has 2 aliphatic heterocycles. The van der Waals surface area contributed by atoms with E-state index < -0.39 is 29.2 Å². The maximum atomic E-state index is 15.2. The van der Waals surface area contributed by atoms with Crippen LogP contribution < -0.4 is 10.2 Å². The van der Waals surface area contributed by atoms with Crippen molar-refractivity contribution in [1.29, 1.82) is 5.41 Å². The number of likely N-dealkylation sites (tertiary alicyclic amines) is 1. The summed E-state index contributed by atoms with van der Waals surface area (Å²) in [6, 6.07) is 9.86. The van der Waals surface area contributed by atoms with E-state index >= 15 is 4.39 Å². The third-order valence-corrected chi connectivity index (χ3v) is 8.78. The van der Waals surface area contributed by atoms with Crippen molar-refractivity contribution in [3.63, 3.8) is 0 Å². The van der Waals surface area contributed by atoms with Crippen LogP contribution in [0.15, 0.2) is 42.5 Å². The molecule has 0 radical (unpaired) electrons. The summed E-state index contributed by atoms with van der Waals surface area (Å²) < 4.78 is 28.5. The van der Waals surface area contributed by atoms with Crippen LogP contribution in [0.25, 0.3) is 0 Å². The van der Waals surface area contributed by atoms with Gasteiger partial charge in [-0.15, -0.1) is 0 Å². The molecule has 11 heteroatoms. The van der Waals surface area contributed by atoms with Gasteiger partial charge in [0.2, 0.25) is 5.91 Å². The topological polar surface area (TPSA) is 117 Å². The van der Waals surface area contributed by atoms with E-state index in [0.29, 0.717) is 64.1 Å². The molecule has 1 unspecified atom stereocenters. The number of nitrogens with zero attached hydrogens (tertiary/aromatic N) is 3. The number of piperazine rings is 1. The lowest BCUT2D eigenvalue weighted by molar-refractivity contribution is -0.143. The average molecular weight is 598 g/mol. The number of carbonyl (C=O) groups is 3. The normalized spacial score (nSPS) is 17.0. The highest BCUT2D eigenvalue weighted by atomic mass is 19.1. The highest BCUT2D eigenvalue weighted by Crippen LogP contribution is 2.30. The zero-order chi connectivity index (χ0) is 31.3. The Morgan fingerprint density at radius 2 is 1.60 bits per heavy atom. The maximum Gasteiger partial charge on any atom is 0.303 e. The summed E-state index contributed by atoms with van der Waals surface area (Å²) in [5.74, 6) is -2.42. The summed E-state index contributed by atoms with van der Waals surface area (Å²) in [5.41, 5.74) is 0.148. The second kappa shape index (κ2) is 13.5. The monoisotopic (exact) mass is 597 g/mol. The smallest absolute Gasteiger partial charge is 0.303 e. The van der Waals surface area contributed by atoms with Gasteiger partial charge in [-0.2, -0.15) is 0 Å².